The van der Waals surface area contributed by atoms with Crippen LogP contribution in [0.15, 0.2) is 12.2 Å². The fourth-order valence-corrected chi connectivity index (χ4v) is 13.3. The standard InChI is InChI=1S/C82H161NO5/c1-3-5-7-9-11-13-15-17-19-21-22-23-37-40-43-46-50-54-58-62-66-70-74-80(85)79(78-84)83-81(86)75-71-67-63-59-55-51-47-44-41-38-35-33-31-29-27-25-24-26-28-30-32-34-36-39-42-45-49-53-57-61-65-69-73-77-88-82(87)76-72-68-64-60-56-52-48-20-18-16-14-12-10-8-6-4-2/h20,48,79-80,84-85H,3-19,21-47,49-78H2,1-2H3,(H,83,86)/b48-20-. The number of esters is 1. The second kappa shape index (κ2) is 78.0. The molecule has 0 fully saturated rings. The van der Waals surface area contributed by atoms with Gasteiger partial charge in [0, 0.05) is 12.8 Å². The normalized spacial score (nSPS) is 12.5. The molecule has 0 aliphatic carbocycles. The summed E-state index contributed by atoms with van der Waals surface area (Å²) >= 11 is 0. The molecule has 3 N–H and O–H groups in total. The Hall–Kier alpha value is -1.40. The van der Waals surface area contributed by atoms with Crippen molar-refractivity contribution in [3.63, 3.8) is 0 Å². The Labute approximate surface area is 552 Å². The van der Waals surface area contributed by atoms with Crippen molar-refractivity contribution < 1.29 is 24.5 Å². The number of amides is 1. The molecule has 2 unspecified atom stereocenters. The number of hydrogen-bond acceptors (Lipinski definition) is 5. The van der Waals surface area contributed by atoms with E-state index in [4.69, 9.17) is 4.74 Å². The first-order valence-electron chi connectivity index (χ1n) is 40.9. The largest absolute Gasteiger partial charge is 0.466 e. The van der Waals surface area contributed by atoms with Crippen molar-refractivity contribution >= 4 is 11.9 Å². The number of unbranched alkanes of at least 4 members (excludes halogenated alkanes) is 65. The van der Waals surface area contributed by atoms with Crippen LogP contribution in [0.25, 0.3) is 0 Å². The van der Waals surface area contributed by atoms with E-state index in [9.17, 15) is 19.8 Å². The van der Waals surface area contributed by atoms with Crippen molar-refractivity contribution in [1.82, 2.24) is 5.32 Å². The lowest BCUT2D eigenvalue weighted by Crippen LogP contribution is -2.45. The van der Waals surface area contributed by atoms with Gasteiger partial charge in [0.15, 0.2) is 0 Å². The summed E-state index contributed by atoms with van der Waals surface area (Å²) in [5.41, 5.74) is 0. The van der Waals surface area contributed by atoms with E-state index in [-0.39, 0.29) is 18.5 Å². The molecule has 88 heavy (non-hydrogen) atoms. The van der Waals surface area contributed by atoms with Crippen molar-refractivity contribution in [3.8, 4) is 0 Å². The number of allylic oxidation sites excluding steroid dienone is 2. The van der Waals surface area contributed by atoms with Crippen LogP contribution < -0.4 is 5.32 Å². The van der Waals surface area contributed by atoms with Gasteiger partial charge in [0.2, 0.25) is 5.91 Å². The first-order chi connectivity index (χ1) is 43.5. The Morgan fingerprint density at radius 2 is 0.534 bits per heavy atom. The van der Waals surface area contributed by atoms with E-state index in [1.54, 1.807) is 0 Å². The number of ether oxygens (including phenoxy) is 1. The fourth-order valence-electron chi connectivity index (χ4n) is 13.3. The summed E-state index contributed by atoms with van der Waals surface area (Å²) < 4.78 is 5.51. The molecule has 0 heterocycles. The highest BCUT2D eigenvalue weighted by molar-refractivity contribution is 5.76. The molecule has 0 aromatic carbocycles. The lowest BCUT2D eigenvalue weighted by atomic mass is 10.0. The maximum atomic E-state index is 12.6. The third-order valence-electron chi connectivity index (χ3n) is 19.6. The number of aliphatic hydroxyl groups is 2. The molecule has 0 bridgehead atoms. The van der Waals surface area contributed by atoms with E-state index >= 15 is 0 Å². The van der Waals surface area contributed by atoms with E-state index in [0.29, 0.717) is 25.9 Å². The second-order valence-electron chi connectivity index (χ2n) is 28.5. The maximum Gasteiger partial charge on any atom is 0.305 e. The predicted octanol–water partition coefficient (Wildman–Crippen LogP) is 27.1. The van der Waals surface area contributed by atoms with Gasteiger partial charge in [-0.25, -0.2) is 0 Å². The first kappa shape index (κ1) is 86.6. The number of aliphatic hydroxyl groups excluding tert-OH is 2. The van der Waals surface area contributed by atoms with Crippen LogP contribution in [0.2, 0.25) is 0 Å². The van der Waals surface area contributed by atoms with E-state index in [1.165, 1.54) is 398 Å². The molecule has 524 valence electrons. The van der Waals surface area contributed by atoms with Gasteiger partial charge in [-0.05, 0) is 51.4 Å². The third-order valence-corrected chi connectivity index (χ3v) is 19.6. The van der Waals surface area contributed by atoms with Gasteiger partial charge in [0.1, 0.15) is 0 Å². The highest BCUT2D eigenvalue weighted by atomic mass is 16.5. The minimum Gasteiger partial charge on any atom is -0.466 e. The minimum absolute atomic E-state index is 0.0157. The van der Waals surface area contributed by atoms with E-state index < -0.39 is 12.1 Å². The monoisotopic (exact) mass is 1240 g/mol. The highest BCUT2D eigenvalue weighted by Crippen LogP contribution is 2.21. The number of carbonyl (C=O) groups is 2. The molecule has 0 rings (SSSR count). The van der Waals surface area contributed by atoms with Gasteiger partial charge in [-0.3, -0.25) is 9.59 Å². The van der Waals surface area contributed by atoms with Gasteiger partial charge in [-0.2, -0.15) is 0 Å². The molecular weight excluding hydrogens is 1080 g/mol. The van der Waals surface area contributed by atoms with E-state index in [2.05, 4.69) is 31.3 Å². The summed E-state index contributed by atoms with van der Waals surface area (Å²) in [5.74, 6) is -0.00849. The van der Waals surface area contributed by atoms with Crippen molar-refractivity contribution in [2.75, 3.05) is 13.2 Å². The van der Waals surface area contributed by atoms with Gasteiger partial charge in [0.25, 0.3) is 0 Å². The highest BCUT2D eigenvalue weighted by Gasteiger charge is 2.20. The Balaban J connectivity index is 3.32. The Morgan fingerprint density at radius 1 is 0.307 bits per heavy atom. The minimum atomic E-state index is -0.662. The molecule has 1 amide bonds. The molecule has 6 nitrogen and oxygen atoms in total. The van der Waals surface area contributed by atoms with Crippen LogP contribution in [-0.4, -0.2) is 47.4 Å². The smallest absolute Gasteiger partial charge is 0.305 e. The molecule has 0 aliphatic rings. The molecule has 0 radical (unpaired) electrons. The van der Waals surface area contributed by atoms with Crippen LogP contribution in [-0.2, 0) is 14.3 Å². The van der Waals surface area contributed by atoms with E-state index in [1.807, 2.05) is 0 Å². The van der Waals surface area contributed by atoms with Gasteiger partial charge < -0.3 is 20.3 Å². The van der Waals surface area contributed by atoms with Crippen molar-refractivity contribution in [2.45, 2.75) is 488 Å². The van der Waals surface area contributed by atoms with Crippen LogP contribution in [0.4, 0.5) is 0 Å². The first-order valence-corrected chi connectivity index (χ1v) is 40.9. The molecule has 2 atom stereocenters. The summed E-state index contributed by atoms with van der Waals surface area (Å²) in [6.07, 6.45) is 98.9. The van der Waals surface area contributed by atoms with Crippen molar-refractivity contribution in [3.05, 3.63) is 12.2 Å². The number of nitrogens with one attached hydrogen (secondary N) is 1. The molecule has 0 saturated heterocycles. The zero-order valence-electron chi connectivity index (χ0n) is 60.3. The Morgan fingerprint density at radius 3 is 0.807 bits per heavy atom. The molecule has 0 aromatic heterocycles. The van der Waals surface area contributed by atoms with Crippen LogP contribution in [0.1, 0.15) is 476 Å². The zero-order chi connectivity index (χ0) is 63.5. The van der Waals surface area contributed by atoms with Gasteiger partial charge >= 0.3 is 5.97 Å². The lowest BCUT2D eigenvalue weighted by Gasteiger charge is -2.22. The Kier molecular flexibility index (Phi) is 76.8. The number of carbonyl (C=O) groups excluding carboxylic acids is 2. The molecule has 6 heteroatoms. The summed E-state index contributed by atoms with van der Waals surface area (Å²) in [4.78, 5) is 24.7. The molecule has 0 spiro atoms. The summed E-state index contributed by atoms with van der Waals surface area (Å²) in [7, 11) is 0. The average Bonchev–Trinajstić information content (AvgIpc) is 3.58. The number of rotatable bonds is 78. The second-order valence-corrected chi connectivity index (χ2v) is 28.5. The average molecular weight is 1240 g/mol. The fraction of sp³-hybridized carbons (Fsp3) is 0.951. The SMILES string of the molecule is CCCCCCCCC/C=C\CCCCCCCC(=O)OCCCCCCCCCCCCCCCCCCCCCCCCCCCCCCCCCCCC(=O)NC(CO)C(O)CCCCCCCCCCCCCCCCCCCCCCCC. The topological polar surface area (TPSA) is 95.9 Å². The maximum absolute atomic E-state index is 12.6. The zero-order valence-corrected chi connectivity index (χ0v) is 60.3. The molecular formula is C82H161NO5. The quantitative estimate of drug-likeness (QED) is 0.0320. The van der Waals surface area contributed by atoms with Crippen LogP contribution in [0.3, 0.4) is 0 Å². The molecule has 0 aliphatic heterocycles. The molecule has 0 aromatic rings. The van der Waals surface area contributed by atoms with E-state index in [0.717, 1.165) is 44.9 Å². The summed E-state index contributed by atoms with van der Waals surface area (Å²) in [6, 6.07) is -0.538. The van der Waals surface area contributed by atoms with Crippen molar-refractivity contribution in [2.24, 2.45) is 0 Å². The molecule has 0 saturated carbocycles. The van der Waals surface area contributed by atoms with Crippen LogP contribution in [0.5, 0.6) is 0 Å². The summed E-state index contributed by atoms with van der Waals surface area (Å²) in [5, 5.41) is 23.5. The Bertz CT molecular complexity index is 1340. The predicted molar refractivity (Wildman–Crippen MR) is 389 cm³/mol. The van der Waals surface area contributed by atoms with Gasteiger partial charge in [-0.15, -0.1) is 0 Å². The number of hydrogen-bond donors (Lipinski definition) is 3. The van der Waals surface area contributed by atoms with Crippen molar-refractivity contribution in [1.29, 1.82) is 0 Å². The lowest BCUT2D eigenvalue weighted by molar-refractivity contribution is -0.143. The third kappa shape index (κ3) is 73.6. The van der Waals surface area contributed by atoms with Gasteiger partial charge in [0.05, 0.1) is 25.4 Å². The summed E-state index contributed by atoms with van der Waals surface area (Å²) in [6.45, 7) is 5.01. The van der Waals surface area contributed by atoms with Crippen LogP contribution in [0, 0.1) is 0 Å². The van der Waals surface area contributed by atoms with Crippen LogP contribution >= 0.6 is 0 Å². The van der Waals surface area contributed by atoms with Gasteiger partial charge in [-0.1, -0.05) is 424 Å².